The van der Waals surface area contributed by atoms with Gasteiger partial charge in [-0.25, -0.2) is 0 Å². The molecule has 0 aromatic heterocycles. The molecule has 0 aliphatic carbocycles. The Morgan fingerprint density at radius 3 is 2.22 bits per heavy atom. The Morgan fingerprint density at radius 2 is 1.57 bits per heavy atom. The van der Waals surface area contributed by atoms with Crippen LogP contribution >= 0.6 is 0 Å². The third kappa shape index (κ3) is 4.67. The number of nitrogens with zero attached hydrogens (tertiary/aromatic N) is 1. The van der Waals surface area contributed by atoms with Crippen LogP contribution in [-0.2, 0) is 11.2 Å². The van der Waals surface area contributed by atoms with Gasteiger partial charge in [-0.1, -0.05) is 48.5 Å². The van der Waals surface area contributed by atoms with E-state index in [-0.39, 0.29) is 11.9 Å². The number of rotatable bonds is 5. The first-order valence-electron chi connectivity index (χ1n) is 8.34. The first kappa shape index (κ1) is 15.8. The van der Waals surface area contributed by atoms with Crippen molar-refractivity contribution >= 4 is 5.97 Å². The number of para-hydroxylation sites is 1. The van der Waals surface area contributed by atoms with E-state index in [0.717, 1.165) is 38.9 Å². The Hall–Kier alpha value is -2.13. The highest BCUT2D eigenvalue weighted by molar-refractivity contribution is 5.75. The van der Waals surface area contributed by atoms with Crippen molar-refractivity contribution in [3.63, 3.8) is 0 Å². The van der Waals surface area contributed by atoms with Crippen LogP contribution < -0.4 is 4.74 Å². The molecule has 0 atom stereocenters. The minimum Gasteiger partial charge on any atom is -0.426 e. The van der Waals surface area contributed by atoms with Gasteiger partial charge in [-0.3, -0.25) is 4.79 Å². The molecule has 1 saturated heterocycles. The lowest BCUT2D eigenvalue weighted by atomic mass is 9.96. The molecule has 0 spiro atoms. The second-order valence-corrected chi connectivity index (χ2v) is 6.09. The van der Waals surface area contributed by atoms with E-state index in [1.807, 2.05) is 36.4 Å². The van der Waals surface area contributed by atoms with Crippen molar-refractivity contribution in [1.29, 1.82) is 0 Å². The van der Waals surface area contributed by atoms with Crippen LogP contribution in [0.2, 0.25) is 0 Å². The van der Waals surface area contributed by atoms with Gasteiger partial charge >= 0.3 is 5.97 Å². The fourth-order valence-corrected chi connectivity index (χ4v) is 3.01. The van der Waals surface area contributed by atoms with Crippen molar-refractivity contribution in [2.24, 2.45) is 5.92 Å². The molecular formula is C20H23NO2. The van der Waals surface area contributed by atoms with Crippen LogP contribution in [0.15, 0.2) is 60.7 Å². The summed E-state index contributed by atoms with van der Waals surface area (Å²) in [5.41, 5.74) is 1.37. The second kappa shape index (κ2) is 7.93. The standard InChI is InChI=1S/C20H23NO2/c22-20(23-19-9-5-2-6-10-19)18-12-15-21(16-13-18)14-11-17-7-3-1-4-8-17/h1-10,18H,11-16H2. The van der Waals surface area contributed by atoms with Crippen molar-refractivity contribution in [3.8, 4) is 5.75 Å². The molecule has 1 aliphatic rings. The maximum atomic E-state index is 12.2. The van der Waals surface area contributed by atoms with E-state index in [9.17, 15) is 4.79 Å². The quantitative estimate of drug-likeness (QED) is 0.625. The van der Waals surface area contributed by atoms with Crippen LogP contribution in [-0.4, -0.2) is 30.5 Å². The topological polar surface area (TPSA) is 29.5 Å². The second-order valence-electron chi connectivity index (χ2n) is 6.09. The number of esters is 1. The van der Waals surface area contributed by atoms with Gasteiger partial charge in [0.1, 0.15) is 5.75 Å². The summed E-state index contributed by atoms with van der Waals surface area (Å²) in [5.74, 6) is 0.589. The van der Waals surface area contributed by atoms with E-state index in [1.54, 1.807) is 0 Å². The highest BCUT2D eigenvalue weighted by Gasteiger charge is 2.26. The van der Waals surface area contributed by atoms with Crippen molar-refractivity contribution in [2.45, 2.75) is 19.3 Å². The average Bonchev–Trinajstić information content (AvgIpc) is 2.62. The lowest BCUT2D eigenvalue weighted by molar-refractivity contribution is -0.140. The third-order valence-corrected chi connectivity index (χ3v) is 4.44. The molecule has 2 aromatic carbocycles. The number of piperidine rings is 1. The molecule has 0 N–H and O–H groups in total. The van der Waals surface area contributed by atoms with Gasteiger partial charge in [0.2, 0.25) is 0 Å². The summed E-state index contributed by atoms with van der Waals surface area (Å²) in [7, 11) is 0. The number of carbonyl (C=O) groups excluding carboxylic acids is 1. The largest absolute Gasteiger partial charge is 0.426 e. The molecule has 0 amide bonds. The molecule has 1 aliphatic heterocycles. The number of ether oxygens (including phenoxy) is 1. The normalized spacial score (nSPS) is 16.2. The van der Waals surface area contributed by atoms with E-state index >= 15 is 0 Å². The van der Waals surface area contributed by atoms with E-state index in [1.165, 1.54) is 5.56 Å². The van der Waals surface area contributed by atoms with Gasteiger partial charge in [0.25, 0.3) is 0 Å². The Labute approximate surface area is 137 Å². The first-order chi connectivity index (χ1) is 11.3. The summed E-state index contributed by atoms with van der Waals surface area (Å²) in [6, 6.07) is 19.9. The Balaban J connectivity index is 1.42. The van der Waals surface area contributed by atoms with Crippen molar-refractivity contribution in [3.05, 3.63) is 66.2 Å². The summed E-state index contributed by atoms with van der Waals surface area (Å²) in [5, 5.41) is 0. The van der Waals surface area contributed by atoms with Crippen LogP contribution in [0, 0.1) is 5.92 Å². The van der Waals surface area contributed by atoms with Crippen LogP contribution in [0.5, 0.6) is 5.75 Å². The van der Waals surface area contributed by atoms with Crippen molar-refractivity contribution in [2.75, 3.05) is 19.6 Å². The zero-order valence-electron chi connectivity index (χ0n) is 13.4. The van der Waals surface area contributed by atoms with Gasteiger partial charge in [-0.15, -0.1) is 0 Å². The highest BCUT2D eigenvalue weighted by Crippen LogP contribution is 2.20. The Bertz CT molecular complexity index is 604. The number of hydrogen-bond donors (Lipinski definition) is 0. The van der Waals surface area contributed by atoms with Gasteiger partial charge in [-0.05, 0) is 50.0 Å². The smallest absolute Gasteiger partial charge is 0.314 e. The number of carbonyl (C=O) groups is 1. The lowest BCUT2D eigenvalue weighted by Gasteiger charge is -2.30. The van der Waals surface area contributed by atoms with E-state index in [0.29, 0.717) is 5.75 Å². The zero-order chi connectivity index (χ0) is 15.9. The highest BCUT2D eigenvalue weighted by atomic mass is 16.5. The summed E-state index contributed by atoms with van der Waals surface area (Å²) >= 11 is 0. The van der Waals surface area contributed by atoms with Gasteiger partial charge in [0.15, 0.2) is 0 Å². The summed E-state index contributed by atoms with van der Waals surface area (Å²) in [6.45, 7) is 3.01. The molecule has 1 heterocycles. The molecule has 0 unspecified atom stereocenters. The molecule has 3 rings (SSSR count). The first-order valence-corrected chi connectivity index (χ1v) is 8.34. The molecule has 3 nitrogen and oxygen atoms in total. The molecule has 3 heteroatoms. The van der Waals surface area contributed by atoms with Crippen LogP contribution in [0.1, 0.15) is 18.4 Å². The number of hydrogen-bond acceptors (Lipinski definition) is 3. The van der Waals surface area contributed by atoms with E-state index in [4.69, 9.17) is 4.74 Å². The molecule has 120 valence electrons. The Morgan fingerprint density at radius 1 is 0.957 bits per heavy atom. The minimum atomic E-state index is -0.0843. The van der Waals surface area contributed by atoms with Crippen molar-refractivity contribution < 1.29 is 9.53 Å². The van der Waals surface area contributed by atoms with Gasteiger partial charge in [0.05, 0.1) is 5.92 Å². The molecule has 0 saturated carbocycles. The summed E-state index contributed by atoms with van der Waals surface area (Å²) in [6.07, 6.45) is 2.85. The van der Waals surface area contributed by atoms with Crippen LogP contribution in [0.25, 0.3) is 0 Å². The molecule has 0 bridgehead atoms. The fourth-order valence-electron chi connectivity index (χ4n) is 3.01. The lowest BCUT2D eigenvalue weighted by Crippen LogP contribution is -2.38. The van der Waals surface area contributed by atoms with E-state index < -0.39 is 0 Å². The SMILES string of the molecule is O=C(Oc1ccccc1)C1CCN(CCc2ccccc2)CC1. The van der Waals surface area contributed by atoms with Crippen LogP contribution in [0.3, 0.4) is 0 Å². The van der Waals surface area contributed by atoms with Gasteiger partial charge in [0, 0.05) is 6.54 Å². The van der Waals surface area contributed by atoms with Gasteiger partial charge in [-0.2, -0.15) is 0 Å². The molecule has 1 fully saturated rings. The molecule has 23 heavy (non-hydrogen) atoms. The Kier molecular flexibility index (Phi) is 5.43. The van der Waals surface area contributed by atoms with E-state index in [2.05, 4.69) is 29.2 Å². The zero-order valence-corrected chi connectivity index (χ0v) is 13.4. The predicted molar refractivity (Wildman–Crippen MR) is 91.4 cm³/mol. The molecular weight excluding hydrogens is 286 g/mol. The maximum absolute atomic E-state index is 12.2. The monoisotopic (exact) mass is 309 g/mol. The minimum absolute atomic E-state index is 0.0307. The van der Waals surface area contributed by atoms with Crippen LogP contribution in [0.4, 0.5) is 0 Å². The van der Waals surface area contributed by atoms with Crippen molar-refractivity contribution in [1.82, 2.24) is 4.90 Å². The fraction of sp³-hybridized carbons (Fsp3) is 0.350. The summed E-state index contributed by atoms with van der Waals surface area (Å²) < 4.78 is 5.46. The third-order valence-electron chi connectivity index (χ3n) is 4.44. The average molecular weight is 309 g/mol. The maximum Gasteiger partial charge on any atom is 0.314 e. The summed E-state index contributed by atoms with van der Waals surface area (Å²) in [4.78, 5) is 14.7. The predicted octanol–water partition coefficient (Wildman–Crippen LogP) is 3.55. The molecule has 2 aromatic rings. The number of benzene rings is 2. The number of likely N-dealkylation sites (tertiary alicyclic amines) is 1. The van der Waals surface area contributed by atoms with Gasteiger partial charge < -0.3 is 9.64 Å². The molecule has 0 radical (unpaired) electrons.